The molecule has 3 aromatic rings. The molecule has 1 N–H and O–H groups in total. The highest BCUT2D eigenvalue weighted by Gasteiger charge is 2.29. The molecule has 0 aliphatic carbocycles. The molecule has 8 nitrogen and oxygen atoms in total. The standard InChI is InChI=1S/C20H17F3N6O2/c21-13-1-4-15(5-2-13)27-7-9-28(10-8-27)20-18(29(30)31)19(24-12-25-20)26-14-3-6-16(22)17(23)11-14/h1-6,11-12H,7-10H2,(H,24,25,26). The number of aromatic nitrogens is 2. The fraction of sp³-hybridized carbons (Fsp3) is 0.200. The molecule has 1 aliphatic rings. The van der Waals surface area contributed by atoms with Crippen LogP contribution in [0, 0.1) is 27.6 Å². The van der Waals surface area contributed by atoms with E-state index in [-0.39, 0.29) is 28.8 Å². The number of nitrogens with zero attached hydrogens (tertiary/aromatic N) is 5. The molecule has 0 amide bonds. The number of anilines is 4. The number of nitro groups is 1. The zero-order valence-electron chi connectivity index (χ0n) is 16.1. The number of hydrogen-bond acceptors (Lipinski definition) is 7. The monoisotopic (exact) mass is 430 g/mol. The van der Waals surface area contributed by atoms with E-state index in [1.807, 2.05) is 4.90 Å². The van der Waals surface area contributed by atoms with E-state index in [9.17, 15) is 23.3 Å². The Morgan fingerprint density at radius 3 is 2.23 bits per heavy atom. The van der Waals surface area contributed by atoms with Crippen LogP contribution in [0.1, 0.15) is 0 Å². The predicted octanol–water partition coefficient (Wildman–Crippen LogP) is 3.87. The minimum Gasteiger partial charge on any atom is -0.368 e. The van der Waals surface area contributed by atoms with Gasteiger partial charge in [-0.3, -0.25) is 10.1 Å². The molecule has 2 heterocycles. The molecule has 1 aromatic heterocycles. The smallest absolute Gasteiger partial charge is 0.353 e. The molecule has 2 aromatic carbocycles. The summed E-state index contributed by atoms with van der Waals surface area (Å²) in [5, 5.41) is 14.5. The average Bonchev–Trinajstić information content (AvgIpc) is 2.77. The van der Waals surface area contributed by atoms with Gasteiger partial charge < -0.3 is 15.1 Å². The van der Waals surface area contributed by atoms with Crippen molar-refractivity contribution >= 4 is 28.7 Å². The van der Waals surface area contributed by atoms with Crippen molar-refractivity contribution in [2.75, 3.05) is 41.3 Å². The van der Waals surface area contributed by atoms with Gasteiger partial charge in [0.25, 0.3) is 0 Å². The van der Waals surface area contributed by atoms with Gasteiger partial charge in [-0.05, 0) is 36.4 Å². The van der Waals surface area contributed by atoms with E-state index in [1.165, 1.54) is 24.5 Å². The highest BCUT2D eigenvalue weighted by atomic mass is 19.2. The van der Waals surface area contributed by atoms with Crippen LogP contribution in [0.3, 0.4) is 0 Å². The van der Waals surface area contributed by atoms with Crippen molar-refractivity contribution in [2.24, 2.45) is 0 Å². The minimum absolute atomic E-state index is 0.118. The number of halogens is 3. The molecule has 11 heteroatoms. The lowest BCUT2D eigenvalue weighted by atomic mass is 10.2. The first-order valence-corrected chi connectivity index (χ1v) is 9.39. The summed E-state index contributed by atoms with van der Waals surface area (Å²) in [6.07, 6.45) is 1.18. The molecule has 0 radical (unpaired) electrons. The van der Waals surface area contributed by atoms with E-state index < -0.39 is 16.6 Å². The van der Waals surface area contributed by atoms with Crippen molar-refractivity contribution in [3.63, 3.8) is 0 Å². The molecule has 1 aliphatic heterocycles. The van der Waals surface area contributed by atoms with Crippen molar-refractivity contribution in [1.29, 1.82) is 0 Å². The van der Waals surface area contributed by atoms with Gasteiger partial charge in [0.1, 0.15) is 12.1 Å². The Hall–Kier alpha value is -3.89. The summed E-state index contributed by atoms with van der Waals surface area (Å²) in [6.45, 7) is 2.00. The first-order chi connectivity index (χ1) is 14.9. The second-order valence-corrected chi connectivity index (χ2v) is 6.86. The maximum absolute atomic E-state index is 13.5. The van der Waals surface area contributed by atoms with Gasteiger partial charge in [0.15, 0.2) is 11.6 Å². The van der Waals surface area contributed by atoms with Crippen LogP contribution in [0.2, 0.25) is 0 Å². The predicted molar refractivity (Wildman–Crippen MR) is 109 cm³/mol. The maximum atomic E-state index is 13.5. The highest BCUT2D eigenvalue weighted by Crippen LogP contribution is 2.34. The lowest BCUT2D eigenvalue weighted by Gasteiger charge is -2.36. The van der Waals surface area contributed by atoms with Crippen molar-refractivity contribution in [3.05, 3.63) is 76.4 Å². The second-order valence-electron chi connectivity index (χ2n) is 6.86. The van der Waals surface area contributed by atoms with Gasteiger partial charge >= 0.3 is 5.69 Å². The summed E-state index contributed by atoms with van der Waals surface area (Å²) < 4.78 is 39.8. The van der Waals surface area contributed by atoms with E-state index >= 15 is 0 Å². The molecule has 0 spiro atoms. The molecule has 0 atom stereocenters. The summed E-state index contributed by atoms with van der Waals surface area (Å²) in [5.41, 5.74) is 0.620. The Balaban J connectivity index is 1.56. The van der Waals surface area contributed by atoms with Crippen molar-refractivity contribution in [2.45, 2.75) is 0 Å². The Kier molecular flexibility index (Phi) is 5.56. The third-order valence-corrected chi connectivity index (χ3v) is 4.94. The molecule has 1 fully saturated rings. The number of piperazine rings is 1. The van der Waals surface area contributed by atoms with Crippen LogP contribution in [-0.4, -0.2) is 41.1 Å². The normalized spacial score (nSPS) is 13.9. The average molecular weight is 430 g/mol. The number of hydrogen-bond donors (Lipinski definition) is 1. The van der Waals surface area contributed by atoms with Gasteiger partial charge in [-0.15, -0.1) is 0 Å². The zero-order valence-corrected chi connectivity index (χ0v) is 16.1. The van der Waals surface area contributed by atoms with E-state index in [0.29, 0.717) is 26.2 Å². The lowest BCUT2D eigenvalue weighted by molar-refractivity contribution is -0.383. The SMILES string of the molecule is O=[N+]([O-])c1c(Nc2ccc(F)c(F)c2)ncnc1N1CCN(c2ccc(F)cc2)CC1. The Labute approximate surface area is 175 Å². The van der Waals surface area contributed by atoms with Crippen LogP contribution in [0.25, 0.3) is 0 Å². The van der Waals surface area contributed by atoms with E-state index in [1.54, 1.807) is 17.0 Å². The molecule has 31 heavy (non-hydrogen) atoms. The van der Waals surface area contributed by atoms with Crippen LogP contribution in [0.5, 0.6) is 0 Å². The molecule has 4 rings (SSSR count). The molecule has 160 valence electrons. The van der Waals surface area contributed by atoms with Crippen LogP contribution < -0.4 is 15.1 Å². The van der Waals surface area contributed by atoms with E-state index in [4.69, 9.17) is 0 Å². The number of rotatable bonds is 5. The summed E-state index contributed by atoms with van der Waals surface area (Å²) in [4.78, 5) is 23.0. The van der Waals surface area contributed by atoms with Crippen LogP contribution >= 0.6 is 0 Å². The third kappa shape index (κ3) is 4.34. The molecule has 0 bridgehead atoms. The Morgan fingerprint density at radius 2 is 1.58 bits per heavy atom. The quantitative estimate of drug-likeness (QED) is 0.486. The van der Waals surface area contributed by atoms with Gasteiger partial charge in [-0.2, -0.15) is 0 Å². The van der Waals surface area contributed by atoms with Gasteiger partial charge in [-0.25, -0.2) is 23.1 Å². The van der Waals surface area contributed by atoms with Crippen LogP contribution in [-0.2, 0) is 0 Å². The zero-order chi connectivity index (χ0) is 22.0. The second kappa shape index (κ2) is 8.46. The maximum Gasteiger partial charge on any atom is 0.353 e. The van der Waals surface area contributed by atoms with Crippen molar-refractivity contribution < 1.29 is 18.1 Å². The fourth-order valence-corrected chi connectivity index (χ4v) is 3.40. The number of benzene rings is 2. The Morgan fingerprint density at radius 1 is 0.903 bits per heavy atom. The van der Waals surface area contributed by atoms with Crippen molar-refractivity contribution in [1.82, 2.24) is 9.97 Å². The van der Waals surface area contributed by atoms with Crippen LogP contribution in [0.15, 0.2) is 48.8 Å². The lowest BCUT2D eigenvalue weighted by Crippen LogP contribution is -2.47. The van der Waals surface area contributed by atoms with Crippen molar-refractivity contribution in [3.8, 4) is 0 Å². The largest absolute Gasteiger partial charge is 0.368 e. The highest BCUT2D eigenvalue weighted by molar-refractivity contribution is 5.74. The Bertz CT molecular complexity index is 1100. The van der Waals surface area contributed by atoms with E-state index in [0.717, 1.165) is 17.8 Å². The number of nitrogens with one attached hydrogen (secondary N) is 1. The van der Waals surface area contributed by atoms with Gasteiger partial charge in [-0.1, -0.05) is 0 Å². The van der Waals surface area contributed by atoms with Crippen LogP contribution in [0.4, 0.5) is 41.9 Å². The molecule has 1 saturated heterocycles. The molecular weight excluding hydrogens is 413 g/mol. The summed E-state index contributed by atoms with van der Waals surface area (Å²) in [6, 6.07) is 9.19. The van der Waals surface area contributed by atoms with Gasteiger partial charge in [0.05, 0.1) is 4.92 Å². The topological polar surface area (TPSA) is 87.4 Å². The van der Waals surface area contributed by atoms with Gasteiger partial charge in [0, 0.05) is 43.6 Å². The molecule has 0 saturated carbocycles. The summed E-state index contributed by atoms with van der Waals surface area (Å²) in [7, 11) is 0. The first-order valence-electron chi connectivity index (χ1n) is 9.39. The van der Waals surface area contributed by atoms with E-state index in [2.05, 4.69) is 15.3 Å². The van der Waals surface area contributed by atoms with Gasteiger partial charge in [0.2, 0.25) is 11.6 Å². The fourth-order valence-electron chi connectivity index (χ4n) is 3.40. The first kappa shape index (κ1) is 20.4. The third-order valence-electron chi connectivity index (χ3n) is 4.94. The molecule has 0 unspecified atom stereocenters. The minimum atomic E-state index is -1.08. The summed E-state index contributed by atoms with van der Waals surface area (Å²) in [5.74, 6) is -2.42. The molecular formula is C20H17F3N6O2. The summed E-state index contributed by atoms with van der Waals surface area (Å²) >= 11 is 0.